The fraction of sp³-hybridized carbons (Fsp3) is 0.0952. The molecule has 0 aliphatic heterocycles. The number of carbonyl (C=O) groups excluding carboxylic acids is 1. The fourth-order valence-corrected chi connectivity index (χ4v) is 4.41. The number of carbonyl (C=O) groups is 1. The predicted octanol–water partition coefficient (Wildman–Crippen LogP) is 5.37. The van der Waals surface area contributed by atoms with Crippen LogP contribution in [0.3, 0.4) is 0 Å². The second-order valence-electron chi connectivity index (χ2n) is 6.48. The summed E-state index contributed by atoms with van der Waals surface area (Å²) in [5, 5.41) is 4.06. The highest BCUT2D eigenvalue weighted by Crippen LogP contribution is 2.30. The molecule has 0 saturated heterocycles. The molecule has 0 radical (unpaired) electrons. The maximum Gasteiger partial charge on any atom is 0.266 e. The average Bonchev–Trinajstić information content (AvgIpc) is 3.05. The van der Waals surface area contributed by atoms with Gasteiger partial charge in [0.05, 0.1) is 33.8 Å². The Morgan fingerprint density at radius 2 is 1.93 bits per heavy atom. The molecule has 8 heteroatoms. The van der Waals surface area contributed by atoms with Crippen LogP contribution >= 0.6 is 34.5 Å². The fourth-order valence-electron chi connectivity index (χ4n) is 3.04. The van der Waals surface area contributed by atoms with Crippen molar-refractivity contribution >= 4 is 56.3 Å². The molecule has 29 heavy (non-hydrogen) atoms. The van der Waals surface area contributed by atoms with Gasteiger partial charge >= 0.3 is 0 Å². The van der Waals surface area contributed by atoms with Gasteiger partial charge in [-0.05, 0) is 36.2 Å². The van der Waals surface area contributed by atoms with Gasteiger partial charge in [-0.1, -0.05) is 53.5 Å². The van der Waals surface area contributed by atoms with Crippen LogP contribution in [-0.4, -0.2) is 15.5 Å². The molecule has 146 valence electrons. The Hall–Kier alpha value is -2.67. The molecule has 0 spiro atoms. The van der Waals surface area contributed by atoms with Crippen molar-refractivity contribution in [2.24, 2.45) is 0 Å². The number of rotatable bonds is 4. The first-order valence-corrected chi connectivity index (χ1v) is 10.3. The van der Waals surface area contributed by atoms with E-state index in [9.17, 15) is 9.59 Å². The average molecular weight is 444 g/mol. The molecule has 0 aliphatic carbocycles. The van der Waals surface area contributed by atoms with E-state index < -0.39 is 0 Å². The second kappa shape index (κ2) is 7.99. The number of aromatic nitrogens is 2. The predicted molar refractivity (Wildman–Crippen MR) is 119 cm³/mol. The lowest BCUT2D eigenvalue weighted by atomic mass is 10.2. The zero-order valence-electron chi connectivity index (χ0n) is 15.3. The smallest absolute Gasteiger partial charge is 0.266 e. The van der Waals surface area contributed by atoms with Crippen molar-refractivity contribution in [1.82, 2.24) is 9.55 Å². The van der Waals surface area contributed by atoms with Crippen molar-refractivity contribution < 1.29 is 4.79 Å². The zero-order chi connectivity index (χ0) is 20.5. The molecule has 2 aromatic heterocycles. The van der Waals surface area contributed by atoms with Crippen LogP contribution in [0.2, 0.25) is 10.0 Å². The number of amides is 1. The van der Waals surface area contributed by atoms with E-state index >= 15 is 0 Å². The maximum absolute atomic E-state index is 13.0. The Morgan fingerprint density at radius 1 is 1.17 bits per heavy atom. The van der Waals surface area contributed by atoms with Gasteiger partial charge in [0.2, 0.25) is 0 Å². The van der Waals surface area contributed by atoms with Gasteiger partial charge in [0, 0.05) is 5.02 Å². The third-order valence-electron chi connectivity index (χ3n) is 4.50. The standard InChI is InChI=1S/C21H15Cl2N3O2S/c1-12-17-20(24-11-26(21(17)28)10-13-5-3-2-4-6-13)29-18(12)19(27)25-16-9-14(22)7-8-15(16)23/h2-9,11H,10H2,1H3,(H,25,27). The molecule has 2 aromatic carbocycles. The number of hydrogen-bond donors (Lipinski definition) is 1. The number of halogens is 2. The van der Waals surface area contributed by atoms with E-state index in [1.165, 1.54) is 17.7 Å². The summed E-state index contributed by atoms with van der Waals surface area (Å²) in [4.78, 5) is 31.2. The molecule has 4 rings (SSSR count). The molecule has 1 amide bonds. The van der Waals surface area contributed by atoms with Crippen LogP contribution in [-0.2, 0) is 6.54 Å². The highest BCUT2D eigenvalue weighted by atomic mass is 35.5. The van der Waals surface area contributed by atoms with Crippen molar-refractivity contribution in [3.05, 3.63) is 91.3 Å². The number of benzene rings is 2. The van der Waals surface area contributed by atoms with E-state index in [0.29, 0.717) is 42.9 Å². The number of anilines is 1. The Labute approximate surface area is 180 Å². The lowest BCUT2D eigenvalue weighted by Crippen LogP contribution is -2.21. The van der Waals surface area contributed by atoms with Crippen molar-refractivity contribution in [3.63, 3.8) is 0 Å². The first-order chi connectivity index (χ1) is 13.9. The minimum Gasteiger partial charge on any atom is -0.320 e. The number of aryl methyl sites for hydroxylation is 1. The normalized spacial score (nSPS) is 11.0. The Balaban J connectivity index is 1.70. The molecule has 0 fully saturated rings. The Kier molecular flexibility index (Phi) is 5.41. The second-order valence-corrected chi connectivity index (χ2v) is 8.32. The largest absolute Gasteiger partial charge is 0.320 e. The summed E-state index contributed by atoms with van der Waals surface area (Å²) in [6.07, 6.45) is 1.52. The monoisotopic (exact) mass is 443 g/mol. The highest BCUT2D eigenvalue weighted by molar-refractivity contribution is 7.20. The minimum atomic E-state index is -0.358. The summed E-state index contributed by atoms with van der Waals surface area (Å²) < 4.78 is 1.55. The molecule has 0 saturated carbocycles. The lowest BCUT2D eigenvalue weighted by molar-refractivity contribution is 0.103. The van der Waals surface area contributed by atoms with Gasteiger partial charge in [-0.15, -0.1) is 11.3 Å². The molecule has 0 bridgehead atoms. The Morgan fingerprint density at radius 3 is 2.69 bits per heavy atom. The number of nitrogens with one attached hydrogen (secondary N) is 1. The van der Waals surface area contributed by atoms with E-state index in [1.54, 1.807) is 29.7 Å². The maximum atomic E-state index is 13.0. The number of nitrogens with zero attached hydrogens (tertiary/aromatic N) is 2. The van der Waals surface area contributed by atoms with Crippen LogP contribution in [0.4, 0.5) is 5.69 Å². The van der Waals surface area contributed by atoms with E-state index in [1.807, 2.05) is 30.3 Å². The molecule has 0 atom stereocenters. The van der Waals surface area contributed by atoms with E-state index in [0.717, 1.165) is 5.56 Å². The van der Waals surface area contributed by atoms with Crippen molar-refractivity contribution in [2.75, 3.05) is 5.32 Å². The van der Waals surface area contributed by atoms with Gasteiger partial charge < -0.3 is 5.32 Å². The molecule has 0 aliphatic rings. The van der Waals surface area contributed by atoms with Crippen LogP contribution < -0.4 is 10.9 Å². The summed E-state index contributed by atoms with van der Waals surface area (Å²) in [6, 6.07) is 14.5. The van der Waals surface area contributed by atoms with Gasteiger partial charge in [-0.2, -0.15) is 0 Å². The van der Waals surface area contributed by atoms with E-state index in [-0.39, 0.29) is 11.5 Å². The minimum absolute atomic E-state index is 0.174. The first-order valence-electron chi connectivity index (χ1n) is 8.73. The first kappa shape index (κ1) is 19.6. The van der Waals surface area contributed by atoms with Crippen molar-refractivity contribution in [3.8, 4) is 0 Å². The summed E-state index contributed by atoms with van der Waals surface area (Å²) in [7, 11) is 0. The molecule has 5 nitrogen and oxygen atoms in total. The molecular formula is C21H15Cl2N3O2S. The van der Waals surface area contributed by atoms with Crippen LogP contribution in [0.15, 0.2) is 59.7 Å². The quantitative estimate of drug-likeness (QED) is 0.460. The topological polar surface area (TPSA) is 64.0 Å². The van der Waals surface area contributed by atoms with Crippen molar-refractivity contribution in [2.45, 2.75) is 13.5 Å². The van der Waals surface area contributed by atoms with E-state index in [2.05, 4.69) is 10.3 Å². The number of fused-ring (bicyclic) bond motifs is 1. The molecule has 0 unspecified atom stereocenters. The molecule has 1 N–H and O–H groups in total. The van der Waals surface area contributed by atoms with E-state index in [4.69, 9.17) is 23.2 Å². The van der Waals surface area contributed by atoms with Crippen LogP contribution in [0.1, 0.15) is 20.8 Å². The van der Waals surface area contributed by atoms with Gasteiger partial charge in [0.15, 0.2) is 0 Å². The summed E-state index contributed by atoms with van der Waals surface area (Å²) in [5.41, 5.74) is 1.83. The van der Waals surface area contributed by atoms with Gasteiger partial charge in [0.25, 0.3) is 11.5 Å². The summed E-state index contributed by atoms with van der Waals surface area (Å²) in [5.74, 6) is -0.358. The summed E-state index contributed by atoms with van der Waals surface area (Å²) in [6.45, 7) is 2.17. The third kappa shape index (κ3) is 3.92. The van der Waals surface area contributed by atoms with Gasteiger partial charge in [-0.3, -0.25) is 14.2 Å². The van der Waals surface area contributed by atoms with Crippen LogP contribution in [0.5, 0.6) is 0 Å². The van der Waals surface area contributed by atoms with Gasteiger partial charge in [0.1, 0.15) is 4.83 Å². The van der Waals surface area contributed by atoms with Crippen LogP contribution in [0.25, 0.3) is 10.2 Å². The van der Waals surface area contributed by atoms with Crippen molar-refractivity contribution in [1.29, 1.82) is 0 Å². The third-order valence-corrected chi connectivity index (χ3v) is 6.26. The van der Waals surface area contributed by atoms with Gasteiger partial charge in [-0.25, -0.2) is 4.98 Å². The number of hydrogen-bond acceptors (Lipinski definition) is 4. The highest BCUT2D eigenvalue weighted by Gasteiger charge is 2.20. The zero-order valence-corrected chi connectivity index (χ0v) is 17.6. The number of thiophene rings is 1. The van der Waals surface area contributed by atoms with Crippen LogP contribution in [0, 0.1) is 6.92 Å². The molecule has 4 aromatic rings. The SMILES string of the molecule is Cc1c(C(=O)Nc2cc(Cl)ccc2Cl)sc2ncn(Cc3ccccc3)c(=O)c12. The lowest BCUT2D eigenvalue weighted by Gasteiger charge is -2.07. The summed E-state index contributed by atoms with van der Waals surface area (Å²) >= 11 is 13.3. The molecule has 2 heterocycles. The molecular weight excluding hydrogens is 429 g/mol. The Bertz CT molecular complexity index is 1280.